The van der Waals surface area contributed by atoms with Gasteiger partial charge >= 0.3 is 0 Å². The molecule has 0 aromatic rings. The normalized spacial score (nSPS) is 32.7. The second-order valence-electron chi connectivity index (χ2n) is 10.2. The molecule has 0 spiro atoms. The molecule has 150 valence electrons. The van der Waals surface area contributed by atoms with Crippen LogP contribution in [0.4, 0.5) is 0 Å². The molecule has 4 atom stereocenters. The van der Waals surface area contributed by atoms with E-state index in [4.69, 9.17) is 0 Å². The summed E-state index contributed by atoms with van der Waals surface area (Å²) in [5.74, 6) is 5.15. The van der Waals surface area contributed by atoms with Gasteiger partial charge in [0.25, 0.3) is 0 Å². The van der Waals surface area contributed by atoms with Gasteiger partial charge in [-0.25, -0.2) is 0 Å². The lowest BCUT2D eigenvalue weighted by Gasteiger charge is -2.49. The fraction of sp³-hybridized carbons (Fsp3) is 0.923. The Morgan fingerprint density at radius 1 is 0.846 bits per heavy atom. The van der Waals surface area contributed by atoms with Crippen LogP contribution in [0, 0.1) is 35.0 Å². The fourth-order valence-electron chi connectivity index (χ4n) is 7.81. The summed E-state index contributed by atoms with van der Waals surface area (Å²) in [6.45, 7) is 8.95. The molecule has 0 aromatic carbocycles. The minimum atomic E-state index is 0.693. The topological polar surface area (TPSA) is 0 Å². The van der Waals surface area contributed by atoms with Crippen LogP contribution in [0.3, 0.4) is 0 Å². The van der Waals surface area contributed by atoms with Crippen molar-refractivity contribution in [3.8, 4) is 0 Å². The summed E-state index contributed by atoms with van der Waals surface area (Å²) >= 11 is 0. The molecule has 0 nitrogen and oxygen atoms in total. The second-order valence-corrected chi connectivity index (χ2v) is 10.2. The van der Waals surface area contributed by atoms with Crippen LogP contribution in [0.1, 0.15) is 117 Å². The maximum absolute atomic E-state index is 4.13. The molecule has 0 saturated heterocycles. The van der Waals surface area contributed by atoms with Crippen molar-refractivity contribution in [2.75, 3.05) is 0 Å². The molecular weight excluding hydrogens is 312 g/mol. The van der Waals surface area contributed by atoms with E-state index >= 15 is 0 Å². The van der Waals surface area contributed by atoms with Crippen molar-refractivity contribution in [3.63, 3.8) is 0 Å². The van der Waals surface area contributed by atoms with Crippen molar-refractivity contribution in [2.24, 2.45) is 35.0 Å². The molecule has 0 bridgehead atoms. The molecule has 3 saturated carbocycles. The lowest BCUT2D eigenvalue weighted by molar-refractivity contribution is 0.00639. The van der Waals surface area contributed by atoms with Crippen LogP contribution in [-0.2, 0) is 0 Å². The number of fused-ring (bicyclic) bond motifs is 1. The van der Waals surface area contributed by atoms with E-state index in [1.165, 1.54) is 64.2 Å². The molecule has 3 aliphatic carbocycles. The summed E-state index contributed by atoms with van der Waals surface area (Å²) in [4.78, 5) is 0. The summed E-state index contributed by atoms with van der Waals surface area (Å²) in [5.41, 5.74) is 0.693. The maximum atomic E-state index is 4.13. The molecule has 0 N–H and O–H groups in total. The highest BCUT2D eigenvalue weighted by Gasteiger charge is 2.54. The van der Waals surface area contributed by atoms with Crippen molar-refractivity contribution in [2.45, 2.75) is 117 Å². The summed E-state index contributed by atoms with van der Waals surface area (Å²) in [6, 6.07) is 0. The first-order valence-electron chi connectivity index (χ1n) is 12.4. The first kappa shape index (κ1) is 20.5. The Labute approximate surface area is 164 Å². The van der Waals surface area contributed by atoms with Gasteiger partial charge in [-0.3, -0.25) is 0 Å². The Kier molecular flexibility index (Phi) is 7.71. The third-order valence-electron chi connectivity index (χ3n) is 8.92. The van der Waals surface area contributed by atoms with Crippen molar-refractivity contribution in [1.29, 1.82) is 0 Å². The van der Waals surface area contributed by atoms with Gasteiger partial charge in [0.2, 0.25) is 0 Å². The maximum Gasteiger partial charge on any atom is -0.0238 e. The molecule has 4 unspecified atom stereocenters. The van der Waals surface area contributed by atoms with Gasteiger partial charge in [0.15, 0.2) is 0 Å². The van der Waals surface area contributed by atoms with E-state index in [2.05, 4.69) is 26.5 Å². The van der Waals surface area contributed by atoms with Crippen molar-refractivity contribution in [1.82, 2.24) is 0 Å². The highest BCUT2D eigenvalue weighted by Crippen LogP contribution is 2.63. The number of rotatable bonds is 10. The van der Waals surface area contributed by atoms with E-state index in [9.17, 15) is 0 Å². The Morgan fingerprint density at radius 2 is 1.42 bits per heavy atom. The van der Waals surface area contributed by atoms with E-state index in [0.717, 1.165) is 29.6 Å². The van der Waals surface area contributed by atoms with Crippen LogP contribution in [0.15, 0.2) is 12.7 Å². The van der Waals surface area contributed by atoms with Crippen LogP contribution in [0.25, 0.3) is 0 Å². The van der Waals surface area contributed by atoms with Crippen LogP contribution in [-0.4, -0.2) is 0 Å². The Bertz CT molecular complexity index is 408. The van der Waals surface area contributed by atoms with Crippen molar-refractivity contribution >= 4 is 0 Å². The summed E-state index contributed by atoms with van der Waals surface area (Å²) < 4.78 is 0. The molecule has 0 radical (unpaired) electrons. The van der Waals surface area contributed by atoms with Crippen LogP contribution in [0.5, 0.6) is 0 Å². The summed E-state index contributed by atoms with van der Waals surface area (Å²) in [5, 5.41) is 0. The first-order valence-corrected chi connectivity index (χ1v) is 12.4. The quantitative estimate of drug-likeness (QED) is 0.343. The van der Waals surface area contributed by atoms with Gasteiger partial charge in [-0.2, -0.15) is 0 Å². The van der Waals surface area contributed by atoms with Crippen LogP contribution >= 0.6 is 0 Å². The molecule has 0 aliphatic heterocycles. The monoisotopic (exact) mass is 358 g/mol. The average molecular weight is 359 g/mol. The van der Waals surface area contributed by atoms with Crippen LogP contribution in [0.2, 0.25) is 0 Å². The van der Waals surface area contributed by atoms with E-state index in [1.54, 1.807) is 38.5 Å². The number of hydrogen-bond acceptors (Lipinski definition) is 0. The standard InChI is InChI=1S/C26H46/c1-4-7-18-26(19-8-5-2,22-14-9-10-15-22)25-20-21(13-6-3)23-16-11-12-17-24(23)25/h6,21-25H,3-5,7-20H2,1-2H3. The Balaban J connectivity index is 1.91. The van der Waals surface area contributed by atoms with E-state index in [-0.39, 0.29) is 0 Å². The molecule has 0 heterocycles. The zero-order valence-corrected chi connectivity index (χ0v) is 18.0. The summed E-state index contributed by atoms with van der Waals surface area (Å²) in [7, 11) is 0. The van der Waals surface area contributed by atoms with Gasteiger partial charge in [-0.05, 0) is 86.4 Å². The lowest BCUT2D eigenvalue weighted by Crippen LogP contribution is -2.40. The molecule has 3 aliphatic rings. The number of allylic oxidation sites excluding steroid dienone is 1. The lowest BCUT2D eigenvalue weighted by atomic mass is 9.56. The van der Waals surface area contributed by atoms with Crippen molar-refractivity contribution in [3.05, 3.63) is 12.7 Å². The van der Waals surface area contributed by atoms with Gasteiger partial charge in [0, 0.05) is 0 Å². The van der Waals surface area contributed by atoms with E-state index < -0.39 is 0 Å². The highest BCUT2D eigenvalue weighted by molar-refractivity contribution is 5.04. The summed E-state index contributed by atoms with van der Waals surface area (Å²) in [6.07, 6.45) is 26.1. The zero-order chi connectivity index (χ0) is 18.4. The Hall–Kier alpha value is -0.260. The molecule has 0 heteroatoms. The zero-order valence-electron chi connectivity index (χ0n) is 18.0. The minimum Gasteiger partial charge on any atom is -0.103 e. The second kappa shape index (κ2) is 9.79. The molecule has 0 amide bonds. The van der Waals surface area contributed by atoms with Gasteiger partial charge in [0.05, 0.1) is 0 Å². The predicted molar refractivity (Wildman–Crippen MR) is 115 cm³/mol. The molecule has 3 rings (SSSR count). The minimum absolute atomic E-state index is 0.693. The van der Waals surface area contributed by atoms with Gasteiger partial charge in [-0.1, -0.05) is 71.3 Å². The largest absolute Gasteiger partial charge is 0.103 e. The number of unbranched alkanes of at least 4 members (excludes halogenated alkanes) is 2. The van der Waals surface area contributed by atoms with E-state index in [1.807, 2.05) is 0 Å². The molecule has 26 heavy (non-hydrogen) atoms. The number of hydrogen-bond donors (Lipinski definition) is 0. The SMILES string of the molecule is C=CCC1CC(C(CCCC)(CCCC)C2CCCC2)C2CCCCC12. The fourth-order valence-corrected chi connectivity index (χ4v) is 7.81. The third kappa shape index (κ3) is 4.10. The van der Waals surface area contributed by atoms with Crippen LogP contribution < -0.4 is 0 Å². The van der Waals surface area contributed by atoms with Gasteiger partial charge < -0.3 is 0 Å². The average Bonchev–Trinajstić information content (AvgIpc) is 3.32. The highest BCUT2D eigenvalue weighted by atomic mass is 14.6. The first-order chi connectivity index (χ1) is 12.8. The Morgan fingerprint density at radius 3 is 2.00 bits per heavy atom. The predicted octanol–water partition coefficient (Wildman–Crippen LogP) is 8.56. The molecule has 3 fully saturated rings. The van der Waals surface area contributed by atoms with Gasteiger partial charge in [0.1, 0.15) is 0 Å². The third-order valence-corrected chi connectivity index (χ3v) is 8.92. The smallest absolute Gasteiger partial charge is 0.0238 e. The molecular formula is C26H46. The van der Waals surface area contributed by atoms with Crippen molar-refractivity contribution < 1.29 is 0 Å². The van der Waals surface area contributed by atoms with Gasteiger partial charge in [-0.15, -0.1) is 6.58 Å². The van der Waals surface area contributed by atoms with E-state index in [0.29, 0.717) is 5.41 Å². The molecule has 0 aromatic heterocycles.